The van der Waals surface area contributed by atoms with Crippen molar-refractivity contribution in [1.29, 1.82) is 0 Å². The number of aryl methyl sites for hydroxylation is 1. The van der Waals surface area contributed by atoms with E-state index in [2.05, 4.69) is 16.5 Å². The minimum absolute atomic E-state index is 0.0381. The second-order valence-electron chi connectivity index (χ2n) is 7.00. The maximum Gasteiger partial charge on any atom is 0.304 e. The molecule has 0 aliphatic carbocycles. The average molecular weight is 428 g/mol. The van der Waals surface area contributed by atoms with Crippen molar-refractivity contribution in [3.05, 3.63) is 59.8 Å². The van der Waals surface area contributed by atoms with Gasteiger partial charge in [-0.25, -0.2) is 0 Å². The normalized spacial score (nSPS) is 11.2. The van der Waals surface area contributed by atoms with E-state index in [1.54, 1.807) is 30.8 Å². The number of amides is 2. The summed E-state index contributed by atoms with van der Waals surface area (Å²) in [6, 6.07) is 3.92. The highest BCUT2D eigenvalue weighted by atomic mass is 16.5. The third-order valence-corrected chi connectivity index (χ3v) is 4.59. The molecule has 2 rings (SSSR count). The van der Waals surface area contributed by atoms with Gasteiger partial charge < -0.3 is 19.6 Å². The molecule has 0 unspecified atom stereocenters. The van der Waals surface area contributed by atoms with E-state index in [1.165, 1.54) is 22.9 Å². The summed E-state index contributed by atoms with van der Waals surface area (Å²) in [4.78, 5) is 36.4. The molecule has 2 heterocycles. The summed E-state index contributed by atoms with van der Waals surface area (Å²) < 4.78 is 7.48. The van der Waals surface area contributed by atoms with Crippen LogP contribution in [0.15, 0.2) is 42.8 Å². The second kappa shape index (κ2) is 11.1. The molecule has 31 heavy (non-hydrogen) atoms. The van der Waals surface area contributed by atoms with Crippen molar-refractivity contribution < 1.29 is 19.4 Å². The van der Waals surface area contributed by atoms with Crippen LogP contribution in [0.1, 0.15) is 35.1 Å². The smallest absolute Gasteiger partial charge is 0.304 e. The Labute approximate surface area is 182 Å². The highest BCUT2D eigenvalue weighted by Gasteiger charge is 2.29. The number of aliphatic hydroxyl groups excluding tert-OH is 1. The van der Waals surface area contributed by atoms with Crippen molar-refractivity contribution in [2.45, 2.75) is 26.8 Å². The Hall–Kier alpha value is -3.46. The summed E-state index contributed by atoms with van der Waals surface area (Å²) in [7, 11) is 3.15. The minimum atomic E-state index is -0.354. The number of ether oxygens (including phenoxy) is 1. The Balaban J connectivity index is 2.64. The average Bonchev–Trinajstić information content (AvgIpc) is 3.13. The third kappa shape index (κ3) is 5.79. The number of hydrogen-bond donors (Lipinski definition) is 1. The van der Waals surface area contributed by atoms with Gasteiger partial charge in [-0.3, -0.25) is 19.1 Å². The van der Waals surface area contributed by atoms with Gasteiger partial charge in [-0.15, -0.1) is 0 Å². The van der Waals surface area contributed by atoms with Crippen molar-refractivity contribution >= 4 is 18.1 Å². The Kier molecular flexibility index (Phi) is 8.51. The zero-order chi connectivity index (χ0) is 23.0. The maximum atomic E-state index is 13.3. The number of hydrogen-bond acceptors (Lipinski definition) is 6. The molecule has 2 aromatic heterocycles. The van der Waals surface area contributed by atoms with Gasteiger partial charge in [-0.05, 0) is 44.1 Å². The van der Waals surface area contributed by atoms with Gasteiger partial charge in [-0.1, -0.05) is 12.6 Å². The van der Waals surface area contributed by atoms with Crippen molar-refractivity contribution in [2.24, 2.45) is 0 Å². The molecule has 0 aliphatic heterocycles. The first-order chi connectivity index (χ1) is 14.9. The van der Waals surface area contributed by atoms with E-state index in [9.17, 15) is 9.59 Å². The zero-order valence-electron chi connectivity index (χ0n) is 18.4. The summed E-state index contributed by atoms with van der Waals surface area (Å²) in [5.41, 5.74) is 1.89. The van der Waals surface area contributed by atoms with E-state index in [0.29, 0.717) is 30.8 Å². The van der Waals surface area contributed by atoms with Crippen molar-refractivity contribution in [3.63, 3.8) is 0 Å². The molecule has 1 N–H and O–H groups in total. The highest BCUT2D eigenvalue weighted by molar-refractivity contribution is 5.99. The number of pyridine rings is 1. The molecule has 166 valence electrons. The Bertz CT molecular complexity index is 950. The van der Waals surface area contributed by atoms with Gasteiger partial charge in [0.15, 0.2) is 11.5 Å². The standard InChI is InChI=1S/C22H29N5O4/c1-6-18(7-2)31-22-24-20(26(5)15-29)19(21(30)25(4)11-8-12-28)27(22)14-17-10-9-16(3)13-23-17/h6-7,9-10,13,15,28H,1,8,11-12,14H2,2-5H3/b18-7-. The number of rotatable bonds is 11. The van der Waals surface area contributed by atoms with Crippen LogP contribution in [-0.4, -0.2) is 64.1 Å². The molecule has 9 nitrogen and oxygen atoms in total. The van der Waals surface area contributed by atoms with Crippen LogP contribution in [0.3, 0.4) is 0 Å². The van der Waals surface area contributed by atoms with Crippen molar-refractivity contribution in [1.82, 2.24) is 19.4 Å². The molecule has 0 atom stereocenters. The van der Waals surface area contributed by atoms with Gasteiger partial charge in [0.1, 0.15) is 5.76 Å². The van der Waals surface area contributed by atoms with Gasteiger partial charge in [0.25, 0.3) is 5.91 Å². The quantitative estimate of drug-likeness (QED) is 0.335. The van der Waals surface area contributed by atoms with Crippen LogP contribution in [-0.2, 0) is 11.3 Å². The number of nitrogens with zero attached hydrogens (tertiary/aromatic N) is 5. The first-order valence-corrected chi connectivity index (χ1v) is 9.89. The number of aliphatic hydroxyl groups is 1. The number of anilines is 1. The topological polar surface area (TPSA) is 101 Å². The Morgan fingerprint density at radius 1 is 1.35 bits per heavy atom. The minimum Gasteiger partial charge on any atom is -0.426 e. The highest BCUT2D eigenvalue weighted by Crippen LogP contribution is 2.28. The van der Waals surface area contributed by atoms with Gasteiger partial charge in [0, 0.05) is 33.4 Å². The lowest BCUT2D eigenvalue weighted by Gasteiger charge is -2.20. The van der Waals surface area contributed by atoms with Crippen molar-refractivity contribution in [3.8, 4) is 6.01 Å². The molecular weight excluding hydrogens is 398 g/mol. The number of carbonyl (C=O) groups excluding carboxylic acids is 2. The molecule has 0 aliphatic rings. The predicted octanol–water partition coefficient (Wildman–Crippen LogP) is 2.15. The maximum absolute atomic E-state index is 13.3. The SMILES string of the molecule is C=C/C(=C/C)Oc1nc(N(C)C=O)c(C(=O)N(C)CCCO)n1Cc1ccc(C)cn1. The zero-order valence-corrected chi connectivity index (χ0v) is 18.4. The molecule has 0 radical (unpaired) electrons. The lowest BCUT2D eigenvalue weighted by molar-refractivity contribution is -0.107. The van der Waals surface area contributed by atoms with E-state index < -0.39 is 0 Å². The van der Waals surface area contributed by atoms with E-state index in [1.807, 2.05) is 19.1 Å². The second-order valence-corrected chi connectivity index (χ2v) is 7.00. The largest absolute Gasteiger partial charge is 0.426 e. The molecule has 2 aromatic rings. The molecule has 0 spiro atoms. The first-order valence-electron chi connectivity index (χ1n) is 9.89. The van der Waals surface area contributed by atoms with Crippen LogP contribution < -0.4 is 9.64 Å². The van der Waals surface area contributed by atoms with E-state index in [-0.39, 0.29) is 36.6 Å². The number of carbonyl (C=O) groups is 2. The Morgan fingerprint density at radius 2 is 2.10 bits per heavy atom. The fourth-order valence-electron chi connectivity index (χ4n) is 2.82. The number of allylic oxidation sites excluding steroid dienone is 2. The summed E-state index contributed by atoms with van der Waals surface area (Å²) in [6.45, 7) is 7.96. The van der Waals surface area contributed by atoms with Crippen molar-refractivity contribution in [2.75, 3.05) is 32.1 Å². The molecule has 0 fully saturated rings. The van der Waals surface area contributed by atoms with Crippen LogP contribution in [0.25, 0.3) is 0 Å². The summed E-state index contributed by atoms with van der Waals surface area (Å²) in [6.07, 6.45) is 5.99. The number of aromatic nitrogens is 3. The van der Waals surface area contributed by atoms with Crippen LogP contribution >= 0.6 is 0 Å². The van der Waals surface area contributed by atoms with Crippen LogP contribution in [0.2, 0.25) is 0 Å². The van der Waals surface area contributed by atoms with Crippen LogP contribution in [0, 0.1) is 6.92 Å². The molecule has 0 bridgehead atoms. The summed E-state index contributed by atoms with van der Waals surface area (Å²) in [5.74, 6) is 0.265. The third-order valence-electron chi connectivity index (χ3n) is 4.59. The van der Waals surface area contributed by atoms with E-state index in [4.69, 9.17) is 9.84 Å². The summed E-state index contributed by atoms with van der Waals surface area (Å²) in [5, 5.41) is 9.12. The summed E-state index contributed by atoms with van der Waals surface area (Å²) >= 11 is 0. The fraction of sp³-hybridized carbons (Fsp3) is 0.364. The van der Waals surface area contributed by atoms with Crippen LogP contribution in [0.5, 0.6) is 6.01 Å². The monoisotopic (exact) mass is 427 g/mol. The Morgan fingerprint density at radius 3 is 2.65 bits per heavy atom. The van der Waals surface area contributed by atoms with Crippen LogP contribution in [0.4, 0.5) is 5.82 Å². The molecule has 0 aromatic carbocycles. The lowest BCUT2D eigenvalue weighted by Crippen LogP contribution is -2.32. The molecule has 2 amide bonds. The van der Waals surface area contributed by atoms with Gasteiger partial charge >= 0.3 is 6.01 Å². The van der Waals surface area contributed by atoms with Gasteiger partial charge in [0.05, 0.1) is 12.2 Å². The predicted molar refractivity (Wildman–Crippen MR) is 118 cm³/mol. The lowest BCUT2D eigenvalue weighted by atomic mass is 10.2. The van der Waals surface area contributed by atoms with E-state index >= 15 is 0 Å². The van der Waals surface area contributed by atoms with E-state index in [0.717, 1.165) is 5.56 Å². The van der Waals surface area contributed by atoms with Gasteiger partial charge in [-0.2, -0.15) is 4.98 Å². The molecule has 0 saturated heterocycles. The fourth-order valence-corrected chi connectivity index (χ4v) is 2.82. The first kappa shape index (κ1) is 23.8. The van der Waals surface area contributed by atoms with Gasteiger partial charge in [0.2, 0.25) is 6.41 Å². The molecule has 0 saturated carbocycles. The number of imidazole rings is 1. The molecular formula is C22H29N5O4. The molecule has 9 heteroatoms.